The quantitative estimate of drug-likeness (QED) is 0.507. The van der Waals surface area contributed by atoms with E-state index in [2.05, 4.69) is 37.6 Å². The molecular formula is C22H22F2N8O2. The molecule has 0 fully saturated rings. The predicted molar refractivity (Wildman–Crippen MR) is 117 cm³/mol. The Kier molecular flexibility index (Phi) is 5.34. The number of carbonyl (C=O) groups is 1. The lowest BCUT2D eigenvalue weighted by atomic mass is 10.1. The number of nitrogens with zero attached hydrogens (tertiary/aromatic N) is 5. The molecule has 0 spiro atoms. The minimum atomic E-state index is -4.02. The predicted octanol–water partition coefficient (Wildman–Crippen LogP) is 1.56. The van der Waals surface area contributed by atoms with Gasteiger partial charge in [-0.3, -0.25) is 4.79 Å². The Labute approximate surface area is 193 Å². The number of rotatable bonds is 5. The van der Waals surface area contributed by atoms with Gasteiger partial charge in [0.1, 0.15) is 0 Å². The number of amides is 1. The highest BCUT2D eigenvalue weighted by molar-refractivity contribution is 5.84. The van der Waals surface area contributed by atoms with Crippen molar-refractivity contribution in [3.8, 4) is 11.5 Å². The zero-order valence-corrected chi connectivity index (χ0v) is 18.0. The molecule has 10 nitrogen and oxygen atoms in total. The number of nitrogens with two attached hydrogens (primary N) is 2. The van der Waals surface area contributed by atoms with Crippen LogP contribution in [0.25, 0.3) is 11.5 Å². The third-order valence-electron chi connectivity index (χ3n) is 5.96. The van der Waals surface area contributed by atoms with E-state index in [9.17, 15) is 13.6 Å². The van der Waals surface area contributed by atoms with Crippen LogP contribution < -0.4 is 16.8 Å². The molecular weight excluding hydrogens is 446 g/mol. The molecule has 5 N–H and O–H groups in total. The Morgan fingerprint density at radius 1 is 1.09 bits per heavy atom. The lowest BCUT2D eigenvalue weighted by Gasteiger charge is -2.29. The van der Waals surface area contributed by atoms with Gasteiger partial charge in [-0.25, -0.2) is 9.97 Å². The maximum atomic E-state index is 14.8. The highest BCUT2D eigenvalue weighted by atomic mass is 19.3. The van der Waals surface area contributed by atoms with Crippen LogP contribution in [0.15, 0.2) is 52.5 Å². The molecule has 0 saturated carbocycles. The van der Waals surface area contributed by atoms with Gasteiger partial charge < -0.3 is 26.1 Å². The number of fused-ring (bicyclic) bond motifs is 1. The Morgan fingerprint density at radius 2 is 1.76 bits per heavy atom. The molecule has 176 valence electrons. The van der Waals surface area contributed by atoms with E-state index in [0.717, 1.165) is 17.7 Å². The van der Waals surface area contributed by atoms with Gasteiger partial charge in [0, 0.05) is 42.8 Å². The van der Waals surface area contributed by atoms with Crippen LogP contribution in [0.1, 0.15) is 23.4 Å². The largest absolute Gasteiger partial charge is 0.414 e. The van der Waals surface area contributed by atoms with Gasteiger partial charge in [0.15, 0.2) is 0 Å². The van der Waals surface area contributed by atoms with Gasteiger partial charge in [0.25, 0.3) is 11.8 Å². The molecule has 12 heteroatoms. The first kappa shape index (κ1) is 21.7. The molecule has 34 heavy (non-hydrogen) atoms. The average molecular weight is 468 g/mol. The second-order valence-corrected chi connectivity index (χ2v) is 8.33. The van der Waals surface area contributed by atoms with Crippen LogP contribution in [0.4, 0.5) is 14.7 Å². The summed E-state index contributed by atoms with van der Waals surface area (Å²) in [6.07, 6.45) is 4.74. The fraction of sp³-hybridized carbons (Fsp3) is 0.318. The molecule has 1 aliphatic carbocycles. The molecule has 1 aliphatic heterocycles. The first-order chi connectivity index (χ1) is 16.3. The van der Waals surface area contributed by atoms with Gasteiger partial charge in [-0.1, -0.05) is 24.3 Å². The van der Waals surface area contributed by atoms with Crippen molar-refractivity contribution in [2.45, 2.75) is 31.2 Å². The minimum Gasteiger partial charge on any atom is -0.414 e. The first-order valence-corrected chi connectivity index (χ1v) is 10.7. The van der Waals surface area contributed by atoms with Gasteiger partial charge in [-0.2, -0.15) is 8.78 Å². The fourth-order valence-corrected chi connectivity index (χ4v) is 4.09. The number of alkyl halides is 2. The normalized spacial score (nSPS) is 16.6. The smallest absolute Gasteiger partial charge is 0.400 e. The van der Waals surface area contributed by atoms with Crippen molar-refractivity contribution in [3.63, 3.8) is 0 Å². The number of carbonyl (C=O) groups excluding carboxylic acids is 1. The van der Waals surface area contributed by atoms with Gasteiger partial charge in [-0.05, 0) is 24.0 Å². The summed E-state index contributed by atoms with van der Waals surface area (Å²) < 4.78 is 34.7. The van der Waals surface area contributed by atoms with E-state index < -0.39 is 17.7 Å². The lowest BCUT2D eigenvalue weighted by Crippen LogP contribution is -2.47. The third kappa shape index (κ3) is 4.02. The highest BCUT2D eigenvalue weighted by Crippen LogP contribution is 2.32. The van der Waals surface area contributed by atoms with Crippen molar-refractivity contribution in [2.24, 2.45) is 11.5 Å². The van der Waals surface area contributed by atoms with Crippen LogP contribution in [0.2, 0.25) is 0 Å². The van der Waals surface area contributed by atoms with E-state index in [1.165, 1.54) is 23.5 Å². The Bertz CT molecular complexity index is 1230. The number of halogens is 2. The van der Waals surface area contributed by atoms with Crippen LogP contribution in [0.5, 0.6) is 0 Å². The van der Waals surface area contributed by atoms with Crippen molar-refractivity contribution in [3.05, 3.63) is 65.1 Å². The van der Waals surface area contributed by atoms with E-state index in [-0.39, 0.29) is 42.7 Å². The molecule has 0 saturated heterocycles. The number of benzene rings is 1. The molecule has 5 rings (SSSR count). The van der Waals surface area contributed by atoms with Crippen LogP contribution in [-0.4, -0.2) is 50.1 Å². The van der Waals surface area contributed by atoms with E-state index in [1.54, 1.807) is 0 Å². The number of anilines is 1. The summed E-state index contributed by atoms with van der Waals surface area (Å²) >= 11 is 0. The van der Waals surface area contributed by atoms with Crippen LogP contribution >= 0.6 is 0 Å². The summed E-state index contributed by atoms with van der Waals surface area (Å²) in [5, 5.41) is 10.3. The summed E-state index contributed by atoms with van der Waals surface area (Å²) in [5.41, 5.74) is 14.8. The number of nitrogens with one attached hydrogen (secondary N) is 1. The Morgan fingerprint density at radius 3 is 2.41 bits per heavy atom. The van der Waals surface area contributed by atoms with Crippen molar-refractivity contribution in [1.29, 1.82) is 0 Å². The summed E-state index contributed by atoms with van der Waals surface area (Å²) in [4.78, 5) is 21.8. The van der Waals surface area contributed by atoms with Gasteiger partial charge in [-0.15, -0.1) is 10.2 Å². The maximum Gasteiger partial charge on any atom is 0.400 e. The maximum absolute atomic E-state index is 14.8. The van der Waals surface area contributed by atoms with Crippen molar-refractivity contribution >= 4 is 11.9 Å². The Hall–Kier alpha value is -4.09. The minimum absolute atomic E-state index is 0.0241. The van der Waals surface area contributed by atoms with Gasteiger partial charge in [0.2, 0.25) is 5.95 Å². The molecule has 3 aromatic rings. The molecule has 0 atom stereocenters. The SMILES string of the molecule is NC1=C(N)CN(C(=O)C(F)(F)c2nnc(-c3cnc(NC4Cc5ccccc5C4)nc3)o2)CC1. The lowest BCUT2D eigenvalue weighted by molar-refractivity contribution is -0.162. The van der Waals surface area contributed by atoms with Crippen LogP contribution in [-0.2, 0) is 23.6 Å². The summed E-state index contributed by atoms with van der Waals surface area (Å²) in [6, 6.07) is 8.38. The topological polar surface area (TPSA) is 149 Å². The summed E-state index contributed by atoms with van der Waals surface area (Å²) in [6.45, 7) is -0.161. The second-order valence-electron chi connectivity index (χ2n) is 8.33. The number of aromatic nitrogens is 4. The molecule has 1 aromatic carbocycles. The van der Waals surface area contributed by atoms with Crippen molar-refractivity contribution in [1.82, 2.24) is 25.1 Å². The molecule has 1 amide bonds. The van der Waals surface area contributed by atoms with E-state index in [4.69, 9.17) is 15.9 Å². The Balaban J connectivity index is 1.26. The zero-order valence-electron chi connectivity index (χ0n) is 18.0. The monoisotopic (exact) mass is 468 g/mol. The standard InChI is InChI=1S/C22H22F2N8O2/c23-22(24,20(33)32-6-5-16(25)17(26)11-32)19-31-30-18(34-19)14-9-27-21(28-10-14)29-15-7-12-3-1-2-4-13(12)8-15/h1-4,9-10,15H,5-8,11,25-26H2,(H,27,28,29). The van der Waals surface area contributed by atoms with E-state index >= 15 is 0 Å². The average Bonchev–Trinajstić information content (AvgIpc) is 3.48. The fourth-order valence-electron chi connectivity index (χ4n) is 4.09. The molecule has 0 unspecified atom stereocenters. The molecule has 2 aromatic heterocycles. The number of hydrogen-bond acceptors (Lipinski definition) is 9. The van der Waals surface area contributed by atoms with Gasteiger partial charge >= 0.3 is 11.8 Å². The first-order valence-electron chi connectivity index (χ1n) is 10.7. The number of hydrogen-bond donors (Lipinski definition) is 3. The molecule has 2 aliphatic rings. The highest BCUT2D eigenvalue weighted by Gasteiger charge is 2.49. The van der Waals surface area contributed by atoms with E-state index in [1.807, 2.05) is 12.1 Å². The van der Waals surface area contributed by atoms with Crippen LogP contribution in [0, 0.1) is 0 Å². The second kappa shape index (κ2) is 8.36. The van der Waals surface area contributed by atoms with E-state index in [0.29, 0.717) is 11.6 Å². The zero-order chi connectivity index (χ0) is 23.9. The molecule has 3 heterocycles. The van der Waals surface area contributed by atoms with Crippen molar-refractivity contribution < 1.29 is 18.0 Å². The third-order valence-corrected chi connectivity index (χ3v) is 5.96. The van der Waals surface area contributed by atoms with Crippen molar-refractivity contribution in [2.75, 3.05) is 18.4 Å². The summed E-state index contributed by atoms with van der Waals surface area (Å²) in [7, 11) is 0. The van der Waals surface area contributed by atoms with Gasteiger partial charge in [0.05, 0.1) is 12.1 Å². The summed E-state index contributed by atoms with van der Waals surface area (Å²) in [5.74, 6) is -6.43. The van der Waals surface area contributed by atoms with Crippen LogP contribution in [0.3, 0.4) is 0 Å². The molecule has 0 radical (unpaired) electrons. The molecule has 0 bridgehead atoms.